The summed E-state index contributed by atoms with van der Waals surface area (Å²) in [6, 6.07) is 0.171. The molecule has 0 aromatic heterocycles. The van der Waals surface area contributed by atoms with Crippen LogP contribution in [0.1, 0.15) is 46.5 Å². The molecule has 1 aliphatic heterocycles. The van der Waals surface area contributed by atoms with Crippen molar-refractivity contribution in [2.45, 2.75) is 52.5 Å². The molecule has 19 heavy (non-hydrogen) atoms. The first-order valence-corrected chi connectivity index (χ1v) is 8.86. The lowest BCUT2D eigenvalue weighted by molar-refractivity contribution is 0.330. The van der Waals surface area contributed by atoms with Crippen molar-refractivity contribution in [3.8, 4) is 0 Å². The molecular formula is C13H29ClN2O2S. The summed E-state index contributed by atoms with van der Waals surface area (Å²) in [5.41, 5.74) is 0. The highest BCUT2D eigenvalue weighted by molar-refractivity contribution is 7.89. The van der Waals surface area contributed by atoms with Crippen molar-refractivity contribution < 1.29 is 8.42 Å². The standard InChI is InChI=1S/C13H28N2O2S.ClH/c1-4-9-15(13-7-8-14-10-13)18(16,17)11-12(5-2)6-3;/h12-14H,4-11H2,1-3H3;1H. The van der Waals surface area contributed by atoms with Gasteiger partial charge in [0, 0.05) is 19.1 Å². The average Bonchev–Trinajstić information content (AvgIpc) is 2.86. The predicted octanol–water partition coefficient (Wildman–Crippen LogP) is 2.25. The lowest BCUT2D eigenvalue weighted by Crippen LogP contribution is -2.44. The smallest absolute Gasteiger partial charge is 0.214 e. The topological polar surface area (TPSA) is 49.4 Å². The van der Waals surface area contributed by atoms with E-state index in [0.29, 0.717) is 18.2 Å². The predicted molar refractivity (Wildman–Crippen MR) is 83.4 cm³/mol. The molecule has 1 saturated heterocycles. The molecule has 0 amide bonds. The molecule has 0 aromatic rings. The van der Waals surface area contributed by atoms with Crippen molar-refractivity contribution in [1.29, 1.82) is 0 Å². The highest BCUT2D eigenvalue weighted by Gasteiger charge is 2.32. The van der Waals surface area contributed by atoms with Crippen LogP contribution in [0, 0.1) is 5.92 Å². The van der Waals surface area contributed by atoms with Crippen LogP contribution in [0.25, 0.3) is 0 Å². The van der Waals surface area contributed by atoms with Gasteiger partial charge >= 0.3 is 0 Å². The molecule has 1 fully saturated rings. The van der Waals surface area contributed by atoms with E-state index in [1.54, 1.807) is 4.31 Å². The Morgan fingerprint density at radius 2 is 1.89 bits per heavy atom. The van der Waals surface area contributed by atoms with Gasteiger partial charge in [-0.25, -0.2) is 8.42 Å². The number of sulfonamides is 1. The minimum Gasteiger partial charge on any atom is -0.315 e. The van der Waals surface area contributed by atoms with Gasteiger partial charge in [-0.3, -0.25) is 0 Å². The molecule has 0 spiro atoms. The summed E-state index contributed by atoms with van der Waals surface area (Å²) >= 11 is 0. The van der Waals surface area contributed by atoms with Gasteiger partial charge < -0.3 is 5.32 Å². The van der Waals surface area contributed by atoms with Gasteiger partial charge in [0.05, 0.1) is 5.75 Å². The van der Waals surface area contributed by atoms with Gasteiger partial charge in [0.2, 0.25) is 10.0 Å². The van der Waals surface area contributed by atoms with E-state index >= 15 is 0 Å². The second-order valence-corrected chi connectivity index (χ2v) is 7.18. The molecule has 1 unspecified atom stereocenters. The number of hydrogen-bond donors (Lipinski definition) is 1. The summed E-state index contributed by atoms with van der Waals surface area (Å²) < 4.78 is 26.8. The minimum absolute atomic E-state index is 0. The van der Waals surface area contributed by atoms with Crippen LogP contribution in [0.4, 0.5) is 0 Å². The summed E-state index contributed by atoms with van der Waals surface area (Å²) in [4.78, 5) is 0. The van der Waals surface area contributed by atoms with Crippen molar-refractivity contribution in [1.82, 2.24) is 9.62 Å². The maximum atomic E-state index is 12.5. The average molecular weight is 313 g/mol. The van der Waals surface area contributed by atoms with Gasteiger partial charge in [-0.15, -0.1) is 12.4 Å². The van der Waals surface area contributed by atoms with Crippen molar-refractivity contribution >= 4 is 22.4 Å². The molecule has 0 aromatic carbocycles. The molecular weight excluding hydrogens is 284 g/mol. The normalized spacial score (nSPS) is 19.9. The third-order valence-corrected chi connectivity index (χ3v) is 5.93. The highest BCUT2D eigenvalue weighted by Crippen LogP contribution is 2.19. The van der Waals surface area contributed by atoms with Crippen LogP contribution < -0.4 is 5.32 Å². The SMILES string of the molecule is CCCN(C1CCNC1)S(=O)(=O)CC(CC)CC.Cl. The molecule has 1 rings (SSSR count). The number of nitrogens with one attached hydrogen (secondary N) is 1. The second kappa shape index (κ2) is 9.16. The van der Waals surface area contributed by atoms with E-state index in [1.807, 2.05) is 6.92 Å². The van der Waals surface area contributed by atoms with E-state index in [2.05, 4.69) is 19.2 Å². The van der Waals surface area contributed by atoms with Crippen LogP contribution in [-0.4, -0.2) is 44.2 Å². The maximum Gasteiger partial charge on any atom is 0.214 e. The fraction of sp³-hybridized carbons (Fsp3) is 1.00. The summed E-state index contributed by atoms with van der Waals surface area (Å²) in [6.45, 7) is 8.60. The van der Waals surface area contributed by atoms with Crippen LogP contribution in [-0.2, 0) is 10.0 Å². The molecule has 4 nitrogen and oxygen atoms in total. The molecule has 1 aliphatic rings. The van der Waals surface area contributed by atoms with Crippen molar-refractivity contribution in [2.75, 3.05) is 25.4 Å². The molecule has 0 saturated carbocycles. The lowest BCUT2D eigenvalue weighted by atomic mass is 10.1. The van der Waals surface area contributed by atoms with Crippen LogP contribution in [0.2, 0.25) is 0 Å². The highest BCUT2D eigenvalue weighted by atomic mass is 35.5. The zero-order valence-corrected chi connectivity index (χ0v) is 14.0. The third-order valence-electron chi connectivity index (χ3n) is 3.84. The van der Waals surface area contributed by atoms with E-state index < -0.39 is 10.0 Å². The summed E-state index contributed by atoms with van der Waals surface area (Å²) in [7, 11) is -3.10. The first kappa shape index (κ1) is 19.2. The second-order valence-electron chi connectivity index (χ2n) is 5.22. The first-order valence-electron chi connectivity index (χ1n) is 7.25. The Kier molecular flexibility index (Phi) is 9.24. The van der Waals surface area contributed by atoms with Gasteiger partial charge in [-0.05, 0) is 25.3 Å². The third kappa shape index (κ3) is 5.58. The van der Waals surface area contributed by atoms with Crippen LogP contribution >= 0.6 is 12.4 Å². The Hall–Kier alpha value is 0.160. The fourth-order valence-corrected chi connectivity index (χ4v) is 4.93. The van der Waals surface area contributed by atoms with E-state index in [-0.39, 0.29) is 18.4 Å². The van der Waals surface area contributed by atoms with Gasteiger partial charge in [-0.2, -0.15) is 4.31 Å². The number of halogens is 1. The minimum atomic E-state index is -3.10. The van der Waals surface area contributed by atoms with Crippen LogP contribution in [0.3, 0.4) is 0 Å². The van der Waals surface area contributed by atoms with Crippen LogP contribution in [0.15, 0.2) is 0 Å². The maximum absolute atomic E-state index is 12.5. The summed E-state index contributed by atoms with van der Waals surface area (Å²) in [5.74, 6) is 0.611. The number of nitrogens with zero attached hydrogens (tertiary/aromatic N) is 1. The van der Waals surface area contributed by atoms with Gasteiger partial charge in [0.25, 0.3) is 0 Å². The number of rotatable bonds is 8. The van der Waals surface area contributed by atoms with E-state index in [0.717, 1.165) is 38.8 Å². The van der Waals surface area contributed by atoms with Crippen molar-refractivity contribution in [3.05, 3.63) is 0 Å². The molecule has 1 atom stereocenters. The number of hydrogen-bond acceptors (Lipinski definition) is 3. The molecule has 0 bridgehead atoms. The molecule has 0 radical (unpaired) electrons. The lowest BCUT2D eigenvalue weighted by Gasteiger charge is -2.28. The van der Waals surface area contributed by atoms with E-state index in [1.165, 1.54) is 0 Å². The molecule has 6 heteroatoms. The summed E-state index contributed by atoms with van der Waals surface area (Å²) in [6.07, 6.45) is 3.72. The Morgan fingerprint density at radius 3 is 2.32 bits per heavy atom. The molecule has 116 valence electrons. The summed E-state index contributed by atoms with van der Waals surface area (Å²) in [5, 5.41) is 3.26. The van der Waals surface area contributed by atoms with Crippen LogP contribution in [0.5, 0.6) is 0 Å². The Bertz CT molecular complexity index is 326. The van der Waals surface area contributed by atoms with E-state index in [9.17, 15) is 8.42 Å². The zero-order chi connectivity index (χ0) is 13.6. The Balaban J connectivity index is 0.00000324. The molecule has 0 aliphatic carbocycles. The van der Waals surface area contributed by atoms with Crippen molar-refractivity contribution in [2.24, 2.45) is 5.92 Å². The Morgan fingerprint density at radius 1 is 1.26 bits per heavy atom. The van der Waals surface area contributed by atoms with Gasteiger partial charge in [0.1, 0.15) is 0 Å². The largest absolute Gasteiger partial charge is 0.315 e. The fourth-order valence-electron chi connectivity index (χ4n) is 2.57. The monoisotopic (exact) mass is 312 g/mol. The van der Waals surface area contributed by atoms with Gasteiger partial charge in [-0.1, -0.05) is 33.6 Å². The quantitative estimate of drug-likeness (QED) is 0.748. The Labute approximate surface area is 124 Å². The zero-order valence-electron chi connectivity index (χ0n) is 12.4. The van der Waals surface area contributed by atoms with Gasteiger partial charge in [0.15, 0.2) is 0 Å². The molecule has 1 N–H and O–H groups in total. The van der Waals surface area contributed by atoms with Crippen molar-refractivity contribution in [3.63, 3.8) is 0 Å². The molecule has 1 heterocycles. The van der Waals surface area contributed by atoms with E-state index in [4.69, 9.17) is 0 Å². The first-order chi connectivity index (χ1) is 8.55.